The second kappa shape index (κ2) is 12.0. The summed E-state index contributed by atoms with van der Waals surface area (Å²) in [6.07, 6.45) is -0.405. The Morgan fingerprint density at radius 2 is 1.70 bits per heavy atom. The average Bonchev–Trinajstić information content (AvgIpc) is 3.66. The zero-order valence-corrected chi connectivity index (χ0v) is 26.0. The number of amides is 3. The molecule has 1 atom stereocenters. The summed E-state index contributed by atoms with van der Waals surface area (Å²) >= 11 is 6.48. The molecule has 0 unspecified atom stereocenters. The highest BCUT2D eigenvalue weighted by molar-refractivity contribution is 6.19. The molecule has 7 rings (SSSR count). The number of likely N-dealkylation sites (N-methyl/N-ethyl adjacent to an activating group) is 1. The summed E-state index contributed by atoms with van der Waals surface area (Å²) in [6.45, 7) is 3.12. The SMILES string of the molecule is CN1CCN(C(=O)Oc2cc3c(c4ccccc24)[C@H](CCl)CN3C(=O)c2cc3cc(NC(=O)c4ccc(N)cc4)ccc3[nH]2)CC1. The van der Waals surface area contributed by atoms with Crippen LogP contribution >= 0.6 is 11.6 Å². The summed E-state index contributed by atoms with van der Waals surface area (Å²) in [5, 5.41) is 5.38. The molecule has 46 heavy (non-hydrogen) atoms. The van der Waals surface area contributed by atoms with Gasteiger partial charge in [-0.25, -0.2) is 4.79 Å². The largest absolute Gasteiger partial charge is 0.415 e. The third-order valence-corrected chi connectivity index (χ3v) is 9.17. The van der Waals surface area contributed by atoms with Crippen molar-refractivity contribution in [3.05, 3.63) is 95.7 Å². The third kappa shape index (κ3) is 5.50. The van der Waals surface area contributed by atoms with Crippen LogP contribution in [0.1, 0.15) is 32.3 Å². The number of alkyl halides is 1. The quantitative estimate of drug-likeness (QED) is 0.163. The molecule has 2 aliphatic heterocycles. The number of fused-ring (bicyclic) bond motifs is 4. The van der Waals surface area contributed by atoms with Crippen LogP contribution < -0.4 is 20.7 Å². The maximum Gasteiger partial charge on any atom is 0.415 e. The number of rotatable bonds is 5. The maximum absolute atomic E-state index is 14.1. The van der Waals surface area contributed by atoms with Crippen LogP contribution in [0.3, 0.4) is 0 Å². The number of anilines is 3. The van der Waals surface area contributed by atoms with Crippen molar-refractivity contribution in [3.63, 3.8) is 0 Å². The van der Waals surface area contributed by atoms with E-state index in [0.717, 1.165) is 40.3 Å². The van der Waals surface area contributed by atoms with Crippen LogP contribution in [0.2, 0.25) is 0 Å². The molecule has 4 N–H and O–H groups in total. The molecule has 0 aliphatic carbocycles. The van der Waals surface area contributed by atoms with Gasteiger partial charge in [-0.1, -0.05) is 24.3 Å². The summed E-state index contributed by atoms with van der Waals surface area (Å²) in [5.41, 5.74) is 10.2. The number of ether oxygens (including phenoxy) is 1. The zero-order chi connectivity index (χ0) is 31.9. The summed E-state index contributed by atoms with van der Waals surface area (Å²) in [4.78, 5) is 48.9. The van der Waals surface area contributed by atoms with E-state index in [1.807, 2.05) is 43.4 Å². The number of piperazine rings is 1. The predicted molar refractivity (Wildman–Crippen MR) is 181 cm³/mol. The van der Waals surface area contributed by atoms with Crippen LogP contribution in [0.15, 0.2) is 78.9 Å². The summed E-state index contributed by atoms with van der Waals surface area (Å²) in [7, 11) is 2.03. The van der Waals surface area contributed by atoms with Crippen molar-refractivity contribution >= 4 is 68.2 Å². The van der Waals surface area contributed by atoms with Gasteiger partial charge >= 0.3 is 6.09 Å². The minimum absolute atomic E-state index is 0.104. The zero-order valence-electron chi connectivity index (χ0n) is 25.3. The van der Waals surface area contributed by atoms with Crippen molar-refractivity contribution in [3.8, 4) is 5.75 Å². The Bertz CT molecular complexity index is 1980. The molecule has 11 heteroatoms. The molecule has 3 heterocycles. The lowest BCUT2D eigenvalue weighted by molar-refractivity contribution is 0.0983. The number of benzene rings is 4. The average molecular weight is 637 g/mol. The van der Waals surface area contributed by atoms with Gasteiger partial charge in [0.05, 0.1) is 5.69 Å². The number of carbonyl (C=O) groups is 3. The van der Waals surface area contributed by atoms with Gasteiger partial charge in [-0.05, 0) is 66.5 Å². The number of halogens is 1. The first-order valence-electron chi connectivity index (χ1n) is 15.2. The fourth-order valence-electron chi connectivity index (χ4n) is 6.27. The second-order valence-electron chi connectivity index (χ2n) is 11.8. The van der Waals surface area contributed by atoms with Crippen molar-refractivity contribution in [2.24, 2.45) is 0 Å². The van der Waals surface area contributed by atoms with Gasteiger partial charge in [0.15, 0.2) is 0 Å². The molecule has 1 saturated heterocycles. The number of carbonyl (C=O) groups excluding carboxylic acids is 3. The first-order chi connectivity index (χ1) is 22.3. The molecule has 5 aromatic rings. The molecule has 3 amide bonds. The molecule has 0 spiro atoms. The van der Waals surface area contributed by atoms with E-state index >= 15 is 0 Å². The molecule has 0 saturated carbocycles. The Hall–Kier alpha value is -5.06. The second-order valence-corrected chi connectivity index (χ2v) is 12.1. The minimum Gasteiger partial charge on any atom is -0.409 e. The highest BCUT2D eigenvalue weighted by atomic mass is 35.5. The Morgan fingerprint density at radius 1 is 0.957 bits per heavy atom. The first-order valence-corrected chi connectivity index (χ1v) is 15.7. The van der Waals surface area contributed by atoms with E-state index in [2.05, 4.69) is 15.2 Å². The Balaban J connectivity index is 1.19. The van der Waals surface area contributed by atoms with Gasteiger partial charge in [-0.3, -0.25) is 9.59 Å². The summed E-state index contributed by atoms with van der Waals surface area (Å²) in [6, 6.07) is 23.4. The lowest BCUT2D eigenvalue weighted by Gasteiger charge is -2.31. The van der Waals surface area contributed by atoms with Crippen molar-refractivity contribution in [1.82, 2.24) is 14.8 Å². The fraction of sp³-hybridized carbons (Fsp3) is 0.229. The molecule has 2 aliphatic rings. The van der Waals surface area contributed by atoms with E-state index in [9.17, 15) is 14.4 Å². The number of hydrogen-bond donors (Lipinski definition) is 3. The molecule has 234 valence electrons. The fourth-order valence-corrected chi connectivity index (χ4v) is 6.52. The van der Waals surface area contributed by atoms with E-state index in [1.165, 1.54) is 0 Å². The van der Waals surface area contributed by atoms with E-state index in [4.69, 9.17) is 22.1 Å². The van der Waals surface area contributed by atoms with Crippen LogP contribution in [0.4, 0.5) is 21.9 Å². The standard InChI is InChI=1S/C35H33ClN6O4/c1-40-12-14-41(15-13-40)35(45)46-31-18-30-32(27-5-3-2-4-26(27)31)23(19-36)20-42(30)34(44)29-17-22-16-25(10-11-28(22)39-29)38-33(43)21-6-8-24(37)9-7-21/h2-11,16-18,23,39H,12-15,19-20,37H2,1H3,(H,38,43)/t23-/m1/s1. The Morgan fingerprint density at radius 3 is 2.43 bits per heavy atom. The molecular weight excluding hydrogens is 604 g/mol. The normalized spacial score (nSPS) is 16.5. The monoisotopic (exact) mass is 636 g/mol. The number of nitrogen functional groups attached to an aromatic ring is 1. The molecule has 10 nitrogen and oxygen atoms in total. The lowest BCUT2D eigenvalue weighted by atomic mass is 9.95. The lowest BCUT2D eigenvalue weighted by Crippen LogP contribution is -2.48. The van der Waals surface area contributed by atoms with Gasteiger partial charge < -0.3 is 35.5 Å². The number of aromatic nitrogens is 1. The van der Waals surface area contributed by atoms with Crippen molar-refractivity contribution in [2.75, 3.05) is 61.6 Å². The molecule has 1 aromatic heterocycles. The van der Waals surface area contributed by atoms with Crippen LogP contribution in [0.5, 0.6) is 5.75 Å². The Labute approximate surface area is 270 Å². The van der Waals surface area contributed by atoms with Crippen LogP contribution in [-0.4, -0.2) is 78.3 Å². The summed E-state index contributed by atoms with van der Waals surface area (Å²) < 4.78 is 6.01. The Kier molecular flexibility index (Phi) is 7.75. The van der Waals surface area contributed by atoms with E-state index in [0.29, 0.717) is 59.6 Å². The maximum atomic E-state index is 14.1. The number of nitrogens with zero attached hydrogens (tertiary/aromatic N) is 3. The highest BCUT2D eigenvalue weighted by Crippen LogP contribution is 2.46. The van der Waals surface area contributed by atoms with Gasteiger partial charge in [-0.15, -0.1) is 11.6 Å². The number of aromatic amines is 1. The number of nitrogens with one attached hydrogen (secondary N) is 2. The molecule has 0 radical (unpaired) electrons. The van der Waals surface area contributed by atoms with Gasteiger partial charge in [0.2, 0.25) is 0 Å². The van der Waals surface area contributed by atoms with Gasteiger partial charge in [0.1, 0.15) is 11.4 Å². The van der Waals surface area contributed by atoms with Crippen LogP contribution in [-0.2, 0) is 0 Å². The smallest absolute Gasteiger partial charge is 0.409 e. The topological polar surface area (TPSA) is 124 Å². The van der Waals surface area contributed by atoms with Crippen LogP contribution in [0, 0.1) is 0 Å². The molecule has 4 aromatic carbocycles. The van der Waals surface area contributed by atoms with Gasteiger partial charge in [0.25, 0.3) is 11.8 Å². The first kappa shape index (κ1) is 29.6. The third-order valence-electron chi connectivity index (χ3n) is 8.80. The van der Waals surface area contributed by atoms with Gasteiger partial charge in [0, 0.05) is 83.8 Å². The number of hydrogen-bond acceptors (Lipinski definition) is 6. The number of H-pyrrole nitrogens is 1. The van der Waals surface area contributed by atoms with Crippen molar-refractivity contribution in [1.29, 1.82) is 0 Å². The van der Waals surface area contributed by atoms with E-state index in [1.54, 1.807) is 52.3 Å². The molecular formula is C35H33ClN6O4. The molecule has 1 fully saturated rings. The molecule has 0 bridgehead atoms. The predicted octanol–water partition coefficient (Wildman–Crippen LogP) is 5.88. The highest BCUT2D eigenvalue weighted by Gasteiger charge is 2.36. The van der Waals surface area contributed by atoms with Crippen molar-refractivity contribution < 1.29 is 19.1 Å². The van der Waals surface area contributed by atoms with Crippen LogP contribution in [0.25, 0.3) is 21.7 Å². The van der Waals surface area contributed by atoms with Crippen molar-refractivity contribution in [2.45, 2.75) is 5.92 Å². The van der Waals surface area contributed by atoms with E-state index < -0.39 is 6.09 Å². The minimum atomic E-state index is -0.405. The van der Waals surface area contributed by atoms with Gasteiger partial charge in [-0.2, -0.15) is 0 Å². The summed E-state index contributed by atoms with van der Waals surface area (Å²) in [5.74, 6) is 0.134. The van der Waals surface area contributed by atoms with E-state index in [-0.39, 0.29) is 17.7 Å². The number of nitrogens with two attached hydrogens (primary N) is 1.